The minimum absolute atomic E-state index is 0.0373. The molecule has 1 amide bonds. The first-order chi connectivity index (χ1) is 13.0. The fraction of sp³-hybridized carbons (Fsp3) is 0.211. The number of halogens is 3. The number of alkyl halides is 3. The van der Waals surface area contributed by atoms with Gasteiger partial charge in [0.25, 0.3) is 5.91 Å². The summed E-state index contributed by atoms with van der Waals surface area (Å²) in [6.45, 7) is -0.0559. The predicted octanol–water partition coefficient (Wildman–Crippen LogP) is 2.89. The van der Waals surface area contributed by atoms with Crippen LogP contribution in [0.25, 0.3) is 0 Å². The largest absolute Gasteiger partial charge is 0.416 e. The molecule has 0 bridgehead atoms. The van der Waals surface area contributed by atoms with Crippen molar-refractivity contribution in [3.05, 3.63) is 65.2 Å². The molecule has 0 atom stereocenters. The second kappa shape index (κ2) is 8.46. The van der Waals surface area contributed by atoms with Crippen molar-refractivity contribution in [2.45, 2.75) is 17.6 Å². The van der Waals surface area contributed by atoms with E-state index in [1.165, 1.54) is 48.3 Å². The van der Waals surface area contributed by atoms with E-state index in [-0.39, 0.29) is 23.5 Å². The molecule has 0 saturated heterocycles. The van der Waals surface area contributed by atoms with Crippen LogP contribution in [-0.4, -0.2) is 32.8 Å². The van der Waals surface area contributed by atoms with Crippen molar-refractivity contribution in [2.75, 3.05) is 13.6 Å². The Labute approximate surface area is 161 Å². The molecular formula is C19H17F3N2O3S. The Morgan fingerprint density at radius 1 is 1.11 bits per heavy atom. The van der Waals surface area contributed by atoms with Crippen LogP contribution in [0.15, 0.2) is 53.4 Å². The molecular weight excluding hydrogens is 393 g/mol. The van der Waals surface area contributed by atoms with Gasteiger partial charge in [-0.1, -0.05) is 18.1 Å². The maximum Gasteiger partial charge on any atom is 0.416 e. The second-order valence-electron chi connectivity index (χ2n) is 5.91. The lowest BCUT2D eigenvalue weighted by Crippen LogP contribution is -2.27. The highest BCUT2D eigenvalue weighted by atomic mass is 32.2. The van der Waals surface area contributed by atoms with Crippen molar-refractivity contribution < 1.29 is 26.4 Å². The summed E-state index contributed by atoms with van der Waals surface area (Å²) in [4.78, 5) is 13.7. The maximum atomic E-state index is 12.6. The van der Waals surface area contributed by atoms with Gasteiger partial charge in [-0.05, 0) is 42.0 Å². The Bertz CT molecular complexity index is 977. The van der Waals surface area contributed by atoms with Crippen molar-refractivity contribution in [3.8, 4) is 12.3 Å². The molecule has 148 valence electrons. The third-order valence-corrected chi connectivity index (χ3v) is 5.24. The number of benzene rings is 2. The smallest absolute Gasteiger partial charge is 0.337 e. The van der Waals surface area contributed by atoms with Crippen LogP contribution < -0.4 is 4.72 Å². The molecule has 2 aromatic rings. The zero-order valence-electron chi connectivity index (χ0n) is 14.8. The van der Waals surface area contributed by atoms with Crippen molar-refractivity contribution >= 4 is 15.9 Å². The van der Waals surface area contributed by atoms with Gasteiger partial charge >= 0.3 is 6.18 Å². The van der Waals surface area contributed by atoms with Crippen LogP contribution in [0, 0.1) is 12.3 Å². The number of rotatable bonds is 6. The molecule has 5 nitrogen and oxygen atoms in total. The van der Waals surface area contributed by atoms with Gasteiger partial charge in [0, 0.05) is 19.2 Å². The zero-order valence-corrected chi connectivity index (χ0v) is 15.6. The van der Waals surface area contributed by atoms with Crippen LogP contribution in [0.3, 0.4) is 0 Å². The average molecular weight is 410 g/mol. The summed E-state index contributed by atoms with van der Waals surface area (Å²) in [6, 6.07) is 9.79. The van der Waals surface area contributed by atoms with Gasteiger partial charge in [-0.3, -0.25) is 4.79 Å². The highest BCUT2D eigenvalue weighted by Gasteiger charge is 2.30. The number of sulfonamides is 1. The summed E-state index contributed by atoms with van der Waals surface area (Å²) in [5.74, 6) is 1.76. The normalized spacial score (nSPS) is 11.7. The molecule has 0 aliphatic heterocycles. The molecule has 0 spiro atoms. The van der Waals surface area contributed by atoms with Gasteiger partial charge < -0.3 is 4.90 Å². The quantitative estimate of drug-likeness (QED) is 0.745. The van der Waals surface area contributed by atoms with E-state index in [1.807, 2.05) is 0 Å². The number of nitrogens with zero attached hydrogens (tertiary/aromatic N) is 1. The Kier molecular flexibility index (Phi) is 6.48. The lowest BCUT2D eigenvalue weighted by Gasteiger charge is -2.18. The second-order valence-corrected chi connectivity index (χ2v) is 7.68. The van der Waals surface area contributed by atoms with E-state index < -0.39 is 27.7 Å². The van der Waals surface area contributed by atoms with E-state index in [4.69, 9.17) is 6.42 Å². The van der Waals surface area contributed by atoms with Gasteiger partial charge in [0.05, 0.1) is 17.0 Å². The molecule has 0 saturated carbocycles. The van der Waals surface area contributed by atoms with Crippen molar-refractivity contribution in [1.82, 2.24) is 9.62 Å². The minimum Gasteiger partial charge on any atom is -0.337 e. The maximum absolute atomic E-state index is 12.6. The standard InChI is InChI=1S/C19H17F3N2O3S/c1-3-12-23-28(26,27)17-10-6-15(7-11-17)18(25)24(2)13-14-4-8-16(9-5-14)19(20,21)22/h1,4-11,23H,12-13H2,2H3. The van der Waals surface area contributed by atoms with E-state index in [0.717, 1.165) is 12.1 Å². The third kappa shape index (κ3) is 5.34. The molecule has 2 rings (SSSR count). The topological polar surface area (TPSA) is 66.5 Å². The zero-order chi connectivity index (χ0) is 20.9. The van der Waals surface area contributed by atoms with Crippen LogP contribution in [-0.2, 0) is 22.7 Å². The van der Waals surface area contributed by atoms with Crippen molar-refractivity contribution in [2.24, 2.45) is 0 Å². The van der Waals surface area contributed by atoms with E-state index >= 15 is 0 Å². The fourth-order valence-electron chi connectivity index (χ4n) is 2.36. The number of carbonyl (C=O) groups is 1. The molecule has 9 heteroatoms. The monoisotopic (exact) mass is 410 g/mol. The molecule has 0 aliphatic rings. The van der Waals surface area contributed by atoms with Gasteiger partial charge in [0.15, 0.2) is 0 Å². The first kappa shape index (κ1) is 21.5. The van der Waals surface area contributed by atoms with Gasteiger partial charge in [-0.2, -0.15) is 17.9 Å². The summed E-state index contributed by atoms with van der Waals surface area (Å²) >= 11 is 0. The minimum atomic E-state index is -4.42. The number of hydrogen-bond donors (Lipinski definition) is 1. The van der Waals surface area contributed by atoms with Crippen LogP contribution in [0.5, 0.6) is 0 Å². The van der Waals surface area contributed by atoms with E-state index in [2.05, 4.69) is 10.6 Å². The lowest BCUT2D eigenvalue weighted by atomic mass is 10.1. The van der Waals surface area contributed by atoms with E-state index in [9.17, 15) is 26.4 Å². The summed E-state index contributed by atoms with van der Waals surface area (Å²) in [7, 11) is -2.26. The molecule has 0 unspecified atom stereocenters. The van der Waals surface area contributed by atoms with E-state index in [0.29, 0.717) is 5.56 Å². The average Bonchev–Trinajstić information content (AvgIpc) is 2.65. The molecule has 1 N–H and O–H groups in total. The molecule has 0 heterocycles. The van der Waals surface area contributed by atoms with Crippen molar-refractivity contribution in [1.29, 1.82) is 0 Å². The SMILES string of the molecule is C#CCNS(=O)(=O)c1ccc(C(=O)N(C)Cc2ccc(C(F)(F)F)cc2)cc1. The predicted molar refractivity (Wildman–Crippen MR) is 97.7 cm³/mol. The highest BCUT2D eigenvalue weighted by Crippen LogP contribution is 2.29. The van der Waals surface area contributed by atoms with Gasteiger partial charge in [-0.15, -0.1) is 6.42 Å². The van der Waals surface area contributed by atoms with Crippen LogP contribution in [0.4, 0.5) is 13.2 Å². The lowest BCUT2D eigenvalue weighted by molar-refractivity contribution is -0.137. The third-order valence-electron chi connectivity index (χ3n) is 3.82. The molecule has 0 radical (unpaired) electrons. The first-order valence-corrected chi connectivity index (χ1v) is 9.47. The molecule has 28 heavy (non-hydrogen) atoms. The highest BCUT2D eigenvalue weighted by molar-refractivity contribution is 7.89. The molecule has 0 aromatic heterocycles. The Morgan fingerprint density at radius 3 is 2.18 bits per heavy atom. The number of carbonyl (C=O) groups excluding carboxylic acids is 1. The van der Waals surface area contributed by atoms with Crippen molar-refractivity contribution in [3.63, 3.8) is 0 Å². The number of terminal acetylenes is 1. The van der Waals surface area contributed by atoms with Gasteiger partial charge in [0.1, 0.15) is 0 Å². The Morgan fingerprint density at radius 2 is 1.68 bits per heavy atom. The Hall–Kier alpha value is -2.83. The molecule has 0 fully saturated rings. The van der Waals surface area contributed by atoms with Gasteiger partial charge in [-0.25, -0.2) is 8.42 Å². The summed E-state index contributed by atoms with van der Waals surface area (Å²) in [5.41, 5.74) is 0.00677. The first-order valence-electron chi connectivity index (χ1n) is 7.99. The number of hydrogen-bond acceptors (Lipinski definition) is 3. The summed E-state index contributed by atoms with van der Waals surface area (Å²) in [5, 5.41) is 0. The Balaban J connectivity index is 2.08. The fourth-order valence-corrected chi connectivity index (χ4v) is 3.30. The summed E-state index contributed by atoms with van der Waals surface area (Å²) in [6.07, 6.45) is 0.602. The number of nitrogens with one attached hydrogen (secondary N) is 1. The molecule has 0 aliphatic carbocycles. The number of amides is 1. The van der Waals surface area contributed by atoms with Crippen LogP contribution >= 0.6 is 0 Å². The molecule has 2 aromatic carbocycles. The summed E-state index contributed by atoms with van der Waals surface area (Å²) < 4.78 is 63.9. The van der Waals surface area contributed by atoms with Gasteiger partial charge in [0.2, 0.25) is 10.0 Å². The van der Waals surface area contributed by atoms with Crippen LogP contribution in [0.1, 0.15) is 21.5 Å². The van der Waals surface area contributed by atoms with E-state index in [1.54, 1.807) is 0 Å². The van der Waals surface area contributed by atoms with Crippen LogP contribution in [0.2, 0.25) is 0 Å².